The maximum absolute atomic E-state index is 12.1. The first-order valence-corrected chi connectivity index (χ1v) is 5.76. The van der Waals surface area contributed by atoms with Crippen molar-refractivity contribution >= 4 is 22.4 Å². The van der Waals surface area contributed by atoms with E-state index in [2.05, 4.69) is 6.07 Å². The number of aryl methyl sites for hydroxylation is 1. The smallest absolute Gasteiger partial charge is 0.258 e. The van der Waals surface area contributed by atoms with E-state index in [9.17, 15) is 4.79 Å². The normalized spacial score (nSPS) is 10.4. The Labute approximate surface area is 104 Å². The van der Waals surface area contributed by atoms with Gasteiger partial charge in [0.25, 0.3) is 5.56 Å². The van der Waals surface area contributed by atoms with Crippen LogP contribution in [0, 0.1) is 11.3 Å². The van der Waals surface area contributed by atoms with Crippen LogP contribution in [0.5, 0.6) is 0 Å². The van der Waals surface area contributed by atoms with Crippen molar-refractivity contribution in [2.75, 3.05) is 0 Å². The topological polar surface area (TPSA) is 45.8 Å². The van der Waals surface area contributed by atoms with Gasteiger partial charge < -0.3 is 4.57 Å². The summed E-state index contributed by atoms with van der Waals surface area (Å²) in [5, 5.41) is 10.6. The number of hydrogen-bond acceptors (Lipinski definition) is 2. The Hall–Kier alpha value is -1.79. The molecule has 0 radical (unpaired) electrons. The van der Waals surface area contributed by atoms with E-state index >= 15 is 0 Å². The molecule has 86 valence electrons. The van der Waals surface area contributed by atoms with E-state index in [1.54, 1.807) is 29.0 Å². The maximum atomic E-state index is 12.1. The molecule has 0 unspecified atom stereocenters. The van der Waals surface area contributed by atoms with Crippen molar-refractivity contribution in [1.82, 2.24) is 4.57 Å². The highest BCUT2D eigenvalue weighted by molar-refractivity contribution is 6.31. The van der Waals surface area contributed by atoms with Crippen molar-refractivity contribution in [3.63, 3.8) is 0 Å². The molecule has 0 fully saturated rings. The van der Waals surface area contributed by atoms with Crippen LogP contribution < -0.4 is 5.56 Å². The Morgan fingerprint density at radius 1 is 1.35 bits per heavy atom. The van der Waals surface area contributed by atoms with E-state index < -0.39 is 0 Å². The molecule has 0 atom stereocenters. The first-order chi connectivity index (χ1) is 8.22. The van der Waals surface area contributed by atoms with Gasteiger partial charge in [-0.3, -0.25) is 4.79 Å². The molecule has 0 aliphatic heterocycles. The summed E-state index contributed by atoms with van der Waals surface area (Å²) < 4.78 is 1.63. The molecule has 0 spiro atoms. The standard InChI is InChI=1S/C13H11ClN2O/c14-11-3-4-12-10(9-11)5-8-16(13(12)17)7-2-1-6-15/h3-5,8-9H,1-2,7H2. The van der Waals surface area contributed by atoms with E-state index in [4.69, 9.17) is 16.9 Å². The van der Waals surface area contributed by atoms with Gasteiger partial charge in [-0.1, -0.05) is 11.6 Å². The predicted molar refractivity (Wildman–Crippen MR) is 68.1 cm³/mol. The minimum atomic E-state index is -0.0305. The summed E-state index contributed by atoms with van der Waals surface area (Å²) in [5.74, 6) is 0. The highest BCUT2D eigenvalue weighted by atomic mass is 35.5. The van der Waals surface area contributed by atoms with Crippen molar-refractivity contribution < 1.29 is 0 Å². The number of fused-ring (bicyclic) bond motifs is 1. The van der Waals surface area contributed by atoms with Gasteiger partial charge in [-0.05, 0) is 36.1 Å². The third-order valence-electron chi connectivity index (χ3n) is 2.63. The summed E-state index contributed by atoms with van der Waals surface area (Å²) >= 11 is 5.87. The predicted octanol–water partition coefficient (Wildman–Crippen LogP) is 2.96. The molecule has 0 aliphatic carbocycles. The fourth-order valence-electron chi connectivity index (χ4n) is 1.76. The zero-order chi connectivity index (χ0) is 12.3. The number of pyridine rings is 1. The van der Waals surface area contributed by atoms with Crippen LogP contribution in [0.15, 0.2) is 35.3 Å². The Kier molecular flexibility index (Phi) is 3.46. The lowest BCUT2D eigenvalue weighted by Gasteiger charge is -2.05. The number of benzene rings is 1. The molecule has 0 aliphatic rings. The monoisotopic (exact) mass is 246 g/mol. The zero-order valence-corrected chi connectivity index (χ0v) is 9.94. The molecule has 1 aromatic carbocycles. The fourth-order valence-corrected chi connectivity index (χ4v) is 1.94. The number of hydrogen-bond donors (Lipinski definition) is 0. The molecular weight excluding hydrogens is 236 g/mol. The van der Waals surface area contributed by atoms with Crippen LogP contribution >= 0.6 is 11.6 Å². The highest BCUT2D eigenvalue weighted by Crippen LogP contribution is 2.16. The largest absolute Gasteiger partial charge is 0.315 e. The molecule has 2 aromatic rings. The molecular formula is C13H11ClN2O. The zero-order valence-electron chi connectivity index (χ0n) is 9.19. The summed E-state index contributed by atoms with van der Waals surface area (Å²) in [7, 11) is 0. The summed E-state index contributed by atoms with van der Waals surface area (Å²) in [6, 6.07) is 9.17. The number of aromatic nitrogens is 1. The molecule has 0 saturated carbocycles. The second-order valence-electron chi connectivity index (χ2n) is 3.81. The number of halogens is 1. The lowest BCUT2D eigenvalue weighted by Crippen LogP contribution is -2.19. The van der Waals surface area contributed by atoms with Gasteiger partial charge in [0.2, 0.25) is 0 Å². The number of nitriles is 1. The van der Waals surface area contributed by atoms with Crippen LogP contribution in [0.4, 0.5) is 0 Å². The molecule has 4 heteroatoms. The Morgan fingerprint density at radius 2 is 2.18 bits per heavy atom. The molecule has 2 rings (SSSR count). The third kappa shape index (κ3) is 2.48. The summed E-state index contributed by atoms with van der Waals surface area (Å²) in [4.78, 5) is 12.1. The lowest BCUT2D eigenvalue weighted by atomic mass is 10.2. The van der Waals surface area contributed by atoms with Gasteiger partial charge in [0, 0.05) is 29.6 Å². The molecule has 0 bridgehead atoms. The van der Waals surface area contributed by atoms with Crippen molar-refractivity contribution in [3.8, 4) is 6.07 Å². The molecule has 1 heterocycles. The Bertz CT molecular complexity index is 640. The third-order valence-corrected chi connectivity index (χ3v) is 2.86. The summed E-state index contributed by atoms with van der Waals surface area (Å²) in [6.45, 7) is 0.574. The summed E-state index contributed by atoms with van der Waals surface area (Å²) in [6.07, 6.45) is 2.90. The molecule has 0 N–H and O–H groups in total. The average Bonchev–Trinajstić information content (AvgIpc) is 2.32. The Morgan fingerprint density at radius 3 is 2.94 bits per heavy atom. The Balaban J connectivity index is 2.41. The molecule has 0 amide bonds. The maximum Gasteiger partial charge on any atom is 0.258 e. The van der Waals surface area contributed by atoms with Crippen LogP contribution in [0.2, 0.25) is 5.02 Å². The van der Waals surface area contributed by atoms with E-state index in [-0.39, 0.29) is 5.56 Å². The second-order valence-corrected chi connectivity index (χ2v) is 4.24. The van der Waals surface area contributed by atoms with Crippen LogP contribution in [0.25, 0.3) is 10.8 Å². The van der Waals surface area contributed by atoms with E-state index in [1.807, 2.05) is 6.07 Å². The van der Waals surface area contributed by atoms with Gasteiger partial charge in [0.15, 0.2) is 0 Å². The van der Waals surface area contributed by atoms with Gasteiger partial charge in [-0.2, -0.15) is 5.26 Å². The highest BCUT2D eigenvalue weighted by Gasteiger charge is 2.02. The van der Waals surface area contributed by atoms with Crippen LogP contribution in [-0.4, -0.2) is 4.57 Å². The minimum Gasteiger partial charge on any atom is -0.315 e. The molecule has 0 saturated heterocycles. The van der Waals surface area contributed by atoms with E-state index in [0.717, 1.165) is 5.39 Å². The van der Waals surface area contributed by atoms with Gasteiger partial charge in [-0.25, -0.2) is 0 Å². The summed E-state index contributed by atoms with van der Waals surface area (Å²) in [5.41, 5.74) is -0.0305. The van der Waals surface area contributed by atoms with Gasteiger partial charge in [-0.15, -0.1) is 0 Å². The molecule has 3 nitrogen and oxygen atoms in total. The number of unbranched alkanes of at least 4 members (excludes halogenated alkanes) is 1. The van der Waals surface area contributed by atoms with Crippen LogP contribution in [-0.2, 0) is 6.54 Å². The van der Waals surface area contributed by atoms with E-state index in [0.29, 0.717) is 29.8 Å². The first kappa shape index (κ1) is 11.7. The fraction of sp³-hybridized carbons (Fsp3) is 0.231. The van der Waals surface area contributed by atoms with Crippen molar-refractivity contribution in [1.29, 1.82) is 5.26 Å². The minimum absolute atomic E-state index is 0.0305. The second kappa shape index (κ2) is 5.03. The van der Waals surface area contributed by atoms with Gasteiger partial charge in [0.05, 0.1) is 6.07 Å². The quantitative estimate of drug-likeness (QED) is 0.782. The average molecular weight is 247 g/mol. The SMILES string of the molecule is N#CCCCn1ccc2cc(Cl)ccc2c1=O. The lowest BCUT2D eigenvalue weighted by molar-refractivity contribution is 0.636. The molecule has 1 aromatic heterocycles. The number of nitrogens with zero attached hydrogens (tertiary/aromatic N) is 2. The number of rotatable bonds is 3. The first-order valence-electron chi connectivity index (χ1n) is 5.38. The van der Waals surface area contributed by atoms with Crippen LogP contribution in [0.3, 0.4) is 0 Å². The van der Waals surface area contributed by atoms with E-state index in [1.165, 1.54) is 0 Å². The van der Waals surface area contributed by atoms with Crippen molar-refractivity contribution in [2.45, 2.75) is 19.4 Å². The van der Waals surface area contributed by atoms with Crippen LogP contribution in [0.1, 0.15) is 12.8 Å². The van der Waals surface area contributed by atoms with Crippen molar-refractivity contribution in [2.24, 2.45) is 0 Å². The molecule has 17 heavy (non-hydrogen) atoms. The van der Waals surface area contributed by atoms with Gasteiger partial charge in [0.1, 0.15) is 0 Å². The van der Waals surface area contributed by atoms with Gasteiger partial charge >= 0.3 is 0 Å². The van der Waals surface area contributed by atoms with Crippen molar-refractivity contribution in [3.05, 3.63) is 45.8 Å².